The van der Waals surface area contributed by atoms with E-state index in [9.17, 15) is 9.59 Å². The molecule has 0 aliphatic heterocycles. The summed E-state index contributed by atoms with van der Waals surface area (Å²) in [7, 11) is 0. The Morgan fingerprint density at radius 2 is 1.59 bits per heavy atom. The fourth-order valence-electron chi connectivity index (χ4n) is 3.74. The number of H-pyrrole nitrogens is 1. The maximum absolute atomic E-state index is 13.3. The molecule has 0 unspecified atom stereocenters. The summed E-state index contributed by atoms with van der Waals surface area (Å²) in [6, 6.07) is 20.7. The first kappa shape index (κ1) is 15.6. The minimum absolute atomic E-state index is 0.0367. The summed E-state index contributed by atoms with van der Waals surface area (Å²) in [6.07, 6.45) is 0. The van der Waals surface area contributed by atoms with Gasteiger partial charge in [-0.05, 0) is 30.5 Å². The molecule has 4 aromatic rings. The number of aromatic amines is 1. The SMILES string of the molecule is Cc1ccc(Nc2ccc3cc(=O)[nH]c4c3c2C(=O)c2ccccc2-4)cc1. The Kier molecular flexibility index (Phi) is 3.28. The van der Waals surface area contributed by atoms with Gasteiger partial charge in [-0.25, -0.2) is 0 Å². The van der Waals surface area contributed by atoms with Crippen LogP contribution in [0.25, 0.3) is 22.0 Å². The van der Waals surface area contributed by atoms with E-state index in [0.29, 0.717) is 16.8 Å². The fourth-order valence-corrected chi connectivity index (χ4v) is 3.74. The first-order valence-corrected chi connectivity index (χ1v) is 8.79. The van der Waals surface area contributed by atoms with Gasteiger partial charge in [0.1, 0.15) is 0 Å². The van der Waals surface area contributed by atoms with Crippen molar-refractivity contribution in [2.75, 3.05) is 5.32 Å². The average molecular weight is 352 g/mol. The van der Waals surface area contributed by atoms with Gasteiger partial charge in [-0.15, -0.1) is 0 Å². The second-order valence-electron chi connectivity index (χ2n) is 6.83. The van der Waals surface area contributed by atoms with Crippen molar-refractivity contribution < 1.29 is 4.79 Å². The molecule has 1 aliphatic rings. The van der Waals surface area contributed by atoms with Crippen molar-refractivity contribution in [3.8, 4) is 11.3 Å². The van der Waals surface area contributed by atoms with Crippen LogP contribution in [0.2, 0.25) is 0 Å². The fraction of sp³-hybridized carbons (Fsp3) is 0.0435. The van der Waals surface area contributed by atoms with Crippen LogP contribution in [-0.4, -0.2) is 10.8 Å². The number of ketones is 1. The lowest BCUT2D eigenvalue weighted by Gasteiger charge is -2.22. The number of aryl methyl sites for hydroxylation is 1. The number of fused-ring (bicyclic) bond motifs is 2. The number of hydrogen-bond donors (Lipinski definition) is 2. The van der Waals surface area contributed by atoms with Gasteiger partial charge in [0.25, 0.3) is 0 Å². The molecule has 4 nitrogen and oxygen atoms in total. The van der Waals surface area contributed by atoms with E-state index in [4.69, 9.17) is 0 Å². The molecule has 3 aromatic carbocycles. The molecule has 0 bridgehead atoms. The molecule has 0 amide bonds. The van der Waals surface area contributed by atoms with E-state index >= 15 is 0 Å². The summed E-state index contributed by atoms with van der Waals surface area (Å²) in [5.74, 6) is -0.0367. The number of carbonyl (C=O) groups excluding carboxylic acids is 1. The Morgan fingerprint density at radius 1 is 0.852 bits per heavy atom. The summed E-state index contributed by atoms with van der Waals surface area (Å²) in [5, 5.41) is 4.92. The lowest BCUT2D eigenvalue weighted by atomic mass is 9.84. The van der Waals surface area contributed by atoms with Crippen LogP contribution in [0.4, 0.5) is 11.4 Å². The number of pyridine rings is 1. The lowest BCUT2D eigenvalue weighted by Crippen LogP contribution is -2.16. The lowest BCUT2D eigenvalue weighted by molar-refractivity contribution is 0.104. The molecule has 0 fully saturated rings. The molecule has 2 N–H and O–H groups in total. The van der Waals surface area contributed by atoms with Crippen molar-refractivity contribution >= 4 is 27.9 Å². The third-order valence-electron chi connectivity index (χ3n) is 5.02. The van der Waals surface area contributed by atoms with Crippen LogP contribution in [0.3, 0.4) is 0 Å². The van der Waals surface area contributed by atoms with E-state index in [2.05, 4.69) is 10.3 Å². The van der Waals surface area contributed by atoms with Gasteiger partial charge in [0.05, 0.1) is 16.9 Å². The minimum atomic E-state index is -0.174. The van der Waals surface area contributed by atoms with Gasteiger partial charge in [0, 0.05) is 28.3 Å². The summed E-state index contributed by atoms with van der Waals surface area (Å²) in [4.78, 5) is 28.4. The Labute approximate surface area is 155 Å². The highest BCUT2D eigenvalue weighted by Crippen LogP contribution is 2.40. The van der Waals surface area contributed by atoms with Crippen molar-refractivity contribution in [2.24, 2.45) is 0 Å². The zero-order valence-corrected chi connectivity index (χ0v) is 14.7. The Hall–Kier alpha value is -3.66. The molecule has 0 atom stereocenters. The van der Waals surface area contributed by atoms with Gasteiger partial charge in [-0.2, -0.15) is 0 Å². The molecule has 0 saturated carbocycles. The van der Waals surface area contributed by atoms with Crippen LogP contribution in [0.15, 0.2) is 71.5 Å². The van der Waals surface area contributed by atoms with E-state index in [-0.39, 0.29) is 11.3 Å². The van der Waals surface area contributed by atoms with E-state index in [1.807, 2.05) is 61.5 Å². The zero-order valence-electron chi connectivity index (χ0n) is 14.7. The van der Waals surface area contributed by atoms with Gasteiger partial charge in [0.15, 0.2) is 5.78 Å². The molecule has 130 valence electrons. The Bertz CT molecular complexity index is 1280. The minimum Gasteiger partial charge on any atom is -0.355 e. The third-order valence-corrected chi connectivity index (χ3v) is 5.02. The van der Waals surface area contributed by atoms with E-state index in [1.165, 1.54) is 5.56 Å². The largest absolute Gasteiger partial charge is 0.355 e. The van der Waals surface area contributed by atoms with Gasteiger partial charge < -0.3 is 10.3 Å². The maximum atomic E-state index is 13.3. The second kappa shape index (κ2) is 5.68. The van der Waals surface area contributed by atoms with Gasteiger partial charge in [0.2, 0.25) is 5.56 Å². The molecule has 1 aromatic heterocycles. The van der Waals surface area contributed by atoms with Crippen molar-refractivity contribution in [2.45, 2.75) is 6.92 Å². The molecule has 1 heterocycles. The van der Waals surface area contributed by atoms with E-state index < -0.39 is 0 Å². The number of benzene rings is 3. The van der Waals surface area contributed by atoms with Gasteiger partial charge in [-0.1, -0.05) is 48.0 Å². The number of nitrogens with one attached hydrogen (secondary N) is 2. The smallest absolute Gasteiger partial charge is 0.249 e. The van der Waals surface area contributed by atoms with Gasteiger partial charge >= 0.3 is 0 Å². The van der Waals surface area contributed by atoms with Crippen molar-refractivity contribution in [1.29, 1.82) is 0 Å². The molecule has 4 heteroatoms. The quantitative estimate of drug-likeness (QED) is 0.480. The summed E-state index contributed by atoms with van der Waals surface area (Å²) in [5.41, 5.74) is 5.31. The van der Waals surface area contributed by atoms with Crippen LogP contribution >= 0.6 is 0 Å². The van der Waals surface area contributed by atoms with Gasteiger partial charge in [-0.3, -0.25) is 9.59 Å². The molecule has 0 spiro atoms. The summed E-state index contributed by atoms with van der Waals surface area (Å²) >= 11 is 0. The van der Waals surface area contributed by atoms with Crippen molar-refractivity contribution in [1.82, 2.24) is 4.98 Å². The monoisotopic (exact) mass is 352 g/mol. The Balaban J connectivity index is 1.81. The van der Waals surface area contributed by atoms with Crippen molar-refractivity contribution in [3.63, 3.8) is 0 Å². The number of aromatic nitrogens is 1. The normalized spacial score (nSPS) is 12.1. The molecular formula is C23H16N2O2. The Morgan fingerprint density at radius 3 is 2.37 bits per heavy atom. The number of carbonyl (C=O) groups is 1. The van der Waals surface area contributed by atoms with E-state index in [0.717, 1.165) is 27.7 Å². The highest BCUT2D eigenvalue weighted by atomic mass is 16.1. The van der Waals surface area contributed by atoms with Crippen LogP contribution < -0.4 is 10.9 Å². The highest BCUT2D eigenvalue weighted by Gasteiger charge is 2.28. The predicted octanol–water partition coefficient (Wildman–Crippen LogP) is 4.79. The first-order chi connectivity index (χ1) is 13.1. The first-order valence-electron chi connectivity index (χ1n) is 8.79. The standard InChI is InChI=1S/C23H16N2O2/c1-13-6-9-15(10-7-13)24-18-11-8-14-12-19(26)25-22-16-4-2-3-5-17(16)23(27)21(18)20(14)22/h2-12,24H,1H3,(H,25,26). The number of rotatable bonds is 2. The molecule has 5 rings (SSSR count). The van der Waals surface area contributed by atoms with Crippen LogP contribution in [0, 0.1) is 6.92 Å². The molecular weight excluding hydrogens is 336 g/mol. The van der Waals surface area contributed by atoms with Crippen LogP contribution in [-0.2, 0) is 0 Å². The number of hydrogen-bond acceptors (Lipinski definition) is 3. The molecule has 0 radical (unpaired) electrons. The zero-order chi connectivity index (χ0) is 18.5. The average Bonchev–Trinajstić information content (AvgIpc) is 2.68. The third kappa shape index (κ3) is 2.38. The molecule has 1 aliphatic carbocycles. The van der Waals surface area contributed by atoms with Crippen molar-refractivity contribution in [3.05, 3.63) is 93.8 Å². The molecule has 0 saturated heterocycles. The predicted molar refractivity (Wildman–Crippen MR) is 108 cm³/mol. The maximum Gasteiger partial charge on any atom is 0.249 e. The topological polar surface area (TPSA) is 62.0 Å². The van der Waals surface area contributed by atoms with E-state index in [1.54, 1.807) is 12.1 Å². The summed E-state index contributed by atoms with van der Waals surface area (Å²) < 4.78 is 0. The summed E-state index contributed by atoms with van der Waals surface area (Å²) in [6.45, 7) is 2.03. The number of anilines is 2. The van der Waals surface area contributed by atoms with Crippen LogP contribution in [0.5, 0.6) is 0 Å². The second-order valence-corrected chi connectivity index (χ2v) is 6.83. The van der Waals surface area contributed by atoms with Crippen LogP contribution in [0.1, 0.15) is 21.5 Å². The molecule has 27 heavy (non-hydrogen) atoms. The highest BCUT2D eigenvalue weighted by molar-refractivity contribution is 6.28.